The van der Waals surface area contributed by atoms with Gasteiger partial charge in [0.25, 0.3) is 11.8 Å². The van der Waals surface area contributed by atoms with Gasteiger partial charge in [0.2, 0.25) is 5.91 Å². The van der Waals surface area contributed by atoms with Crippen molar-refractivity contribution in [2.45, 2.75) is 50.9 Å². The second kappa shape index (κ2) is 12.4. The molecule has 0 radical (unpaired) electrons. The SMILES string of the molecule is CC1CCC(NCC(=O)Nc2ccc(-c3ccc(C(=O)N[C@H](C(=O)NO)[C@@H](N)O)cc3)cc2)CC1. The fourth-order valence-electron chi connectivity index (χ4n) is 4.07. The summed E-state index contributed by atoms with van der Waals surface area (Å²) in [6, 6.07) is 12.9. The maximum absolute atomic E-state index is 12.4. The number of hydrogen-bond acceptors (Lipinski definition) is 7. The second-order valence-electron chi connectivity index (χ2n) is 8.96. The number of benzene rings is 2. The molecule has 0 aliphatic heterocycles. The highest BCUT2D eigenvalue weighted by atomic mass is 16.5. The van der Waals surface area contributed by atoms with Gasteiger partial charge in [0.05, 0.1) is 6.54 Å². The number of nitrogens with one attached hydrogen (secondary N) is 4. The van der Waals surface area contributed by atoms with E-state index in [1.165, 1.54) is 18.3 Å². The number of carbonyl (C=O) groups excluding carboxylic acids is 3. The first-order chi connectivity index (χ1) is 16.8. The Kier molecular flexibility index (Phi) is 9.32. The Morgan fingerprint density at radius 1 is 0.971 bits per heavy atom. The van der Waals surface area contributed by atoms with Gasteiger partial charge in [0.15, 0.2) is 0 Å². The smallest absolute Gasteiger partial charge is 0.270 e. The Hall–Kier alpha value is -3.31. The predicted octanol–water partition coefficient (Wildman–Crippen LogP) is 1.34. The highest BCUT2D eigenvalue weighted by Gasteiger charge is 2.26. The molecule has 1 fully saturated rings. The summed E-state index contributed by atoms with van der Waals surface area (Å²) in [5.41, 5.74) is 9.30. The average molecular weight is 484 g/mol. The zero-order valence-corrected chi connectivity index (χ0v) is 19.7. The zero-order valence-electron chi connectivity index (χ0n) is 19.7. The van der Waals surface area contributed by atoms with Crippen molar-refractivity contribution < 1.29 is 24.7 Å². The highest BCUT2D eigenvalue weighted by molar-refractivity contribution is 5.98. The van der Waals surface area contributed by atoms with E-state index < -0.39 is 24.1 Å². The summed E-state index contributed by atoms with van der Waals surface area (Å²) in [5, 5.41) is 26.7. The summed E-state index contributed by atoms with van der Waals surface area (Å²) in [6.45, 7) is 2.55. The minimum atomic E-state index is -1.68. The highest BCUT2D eigenvalue weighted by Crippen LogP contribution is 2.24. The van der Waals surface area contributed by atoms with Gasteiger partial charge in [-0.25, -0.2) is 5.48 Å². The lowest BCUT2D eigenvalue weighted by Crippen LogP contribution is -2.55. The molecule has 0 unspecified atom stereocenters. The number of carbonyl (C=O) groups is 3. The number of anilines is 1. The van der Waals surface area contributed by atoms with E-state index in [1.54, 1.807) is 24.3 Å². The van der Waals surface area contributed by atoms with Crippen LogP contribution in [0.2, 0.25) is 0 Å². The van der Waals surface area contributed by atoms with Crippen LogP contribution in [0, 0.1) is 5.92 Å². The number of amides is 3. The third kappa shape index (κ3) is 7.59. The molecule has 0 bridgehead atoms. The molecule has 0 spiro atoms. The van der Waals surface area contributed by atoms with Crippen LogP contribution in [0.25, 0.3) is 11.1 Å². The van der Waals surface area contributed by atoms with Crippen molar-refractivity contribution >= 4 is 23.4 Å². The van der Waals surface area contributed by atoms with Crippen molar-refractivity contribution in [1.29, 1.82) is 0 Å². The van der Waals surface area contributed by atoms with Crippen LogP contribution in [0.3, 0.4) is 0 Å². The van der Waals surface area contributed by atoms with Gasteiger partial charge in [-0.1, -0.05) is 31.2 Å². The summed E-state index contributed by atoms with van der Waals surface area (Å²) in [5.74, 6) is -0.977. The fraction of sp³-hybridized carbons (Fsp3) is 0.400. The molecule has 3 rings (SSSR count). The maximum atomic E-state index is 12.4. The van der Waals surface area contributed by atoms with Crippen molar-refractivity contribution in [2.24, 2.45) is 11.7 Å². The van der Waals surface area contributed by atoms with E-state index in [-0.39, 0.29) is 18.0 Å². The molecular formula is C25H33N5O5. The molecule has 2 atom stereocenters. The molecule has 0 saturated heterocycles. The molecule has 2 aromatic carbocycles. The monoisotopic (exact) mass is 483 g/mol. The lowest BCUT2D eigenvalue weighted by Gasteiger charge is -2.26. The van der Waals surface area contributed by atoms with Gasteiger partial charge in [-0.2, -0.15) is 0 Å². The van der Waals surface area contributed by atoms with Crippen molar-refractivity contribution in [3.8, 4) is 11.1 Å². The third-order valence-electron chi connectivity index (χ3n) is 6.24. The lowest BCUT2D eigenvalue weighted by atomic mass is 9.87. The van der Waals surface area contributed by atoms with E-state index >= 15 is 0 Å². The molecule has 0 aromatic heterocycles. The van der Waals surface area contributed by atoms with Crippen LogP contribution in [0.4, 0.5) is 5.69 Å². The molecule has 10 heteroatoms. The molecule has 0 heterocycles. The maximum Gasteiger partial charge on any atom is 0.270 e. The van der Waals surface area contributed by atoms with Gasteiger partial charge >= 0.3 is 0 Å². The Labute approximate surface area is 204 Å². The molecule has 1 aliphatic carbocycles. The quantitative estimate of drug-likeness (QED) is 0.161. The Morgan fingerprint density at radius 3 is 2.09 bits per heavy atom. The van der Waals surface area contributed by atoms with Crippen LogP contribution in [0.5, 0.6) is 0 Å². The topological polar surface area (TPSA) is 166 Å². The van der Waals surface area contributed by atoms with Gasteiger partial charge in [-0.05, 0) is 67.0 Å². The number of hydroxylamine groups is 1. The lowest BCUT2D eigenvalue weighted by molar-refractivity contribution is -0.133. The Bertz CT molecular complexity index is 1000. The number of nitrogens with two attached hydrogens (primary N) is 1. The van der Waals surface area contributed by atoms with Crippen LogP contribution in [0.1, 0.15) is 43.0 Å². The third-order valence-corrected chi connectivity index (χ3v) is 6.24. The number of hydrogen-bond donors (Lipinski definition) is 7. The number of aliphatic hydroxyl groups is 1. The van der Waals surface area contributed by atoms with Crippen LogP contribution in [-0.2, 0) is 9.59 Å². The van der Waals surface area contributed by atoms with Crippen molar-refractivity contribution in [2.75, 3.05) is 11.9 Å². The van der Waals surface area contributed by atoms with Gasteiger partial charge in [0.1, 0.15) is 12.3 Å². The molecule has 188 valence electrons. The molecule has 3 amide bonds. The summed E-state index contributed by atoms with van der Waals surface area (Å²) < 4.78 is 0. The molecule has 1 aliphatic rings. The second-order valence-corrected chi connectivity index (χ2v) is 8.96. The van der Waals surface area contributed by atoms with Crippen LogP contribution in [0.15, 0.2) is 48.5 Å². The first-order valence-electron chi connectivity index (χ1n) is 11.7. The van der Waals surface area contributed by atoms with E-state index in [0.717, 1.165) is 29.9 Å². The first kappa shape index (κ1) is 26.3. The normalized spacial score (nSPS) is 19.3. The van der Waals surface area contributed by atoms with Gasteiger partial charge in [-0.15, -0.1) is 0 Å². The van der Waals surface area contributed by atoms with Crippen molar-refractivity contribution in [3.63, 3.8) is 0 Å². The summed E-state index contributed by atoms with van der Waals surface area (Å²) in [6.07, 6.45) is 2.93. The van der Waals surface area contributed by atoms with E-state index in [1.807, 2.05) is 24.3 Å². The number of rotatable bonds is 9. The van der Waals surface area contributed by atoms with E-state index in [9.17, 15) is 19.5 Å². The van der Waals surface area contributed by atoms with Gasteiger partial charge < -0.3 is 26.8 Å². The largest absolute Gasteiger partial charge is 0.376 e. The van der Waals surface area contributed by atoms with Crippen LogP contribution >= 0.6 is 0 Å². The average Bonchev–Trinajstić information content (AvgIpc) is 2.86. The molecular weight excluding hydrogens is 450 g/mol. The number of aliphatic hydroxyl groups excluding tert-OH is 1. The van der Waals surface area contributed by atoms with Gasteiger partial charge in [-0.3, -0.25) is 19.6 Å². The van der Waals surface area contributed by atoms with Crippen LogP contribution < -0.4 is 27.2 Å². The Morgan fingerprint density at radius 2 is 1.54 bits per heavy atom. The summed E-state index contributed by atoms with van der Waals surface area (Å²) >= 11 is 0. The summed E-state index contributed by atoms with van der Waals surface area (Å²) in [4.78, 5) is 36.2. The fourth-order valence-corrected chi connectivity index (χ4v) is 4.07. The van der Waals surface area contributed by atoms with E-state index in [2.05, 4.69) is 22.9 Å². The molecule has 1 saturated carbocycles. The molecule has 2 aromatic rings. The molecule has 10 nitrogen and oxygen atoms in total. The predicted molar refractivity (Wildman–Crippen MR) is 131 cm³/mol. The van der Waals surface area contributed by atoms with Crippen molar-refractivity contribution in [3.05, 3.63) is 54.1 Å². The zero-order chi connectivity index (χ0) is 25.4. The van der Waals surface area contributed by atoms with Crippen molar-refractivity contribution in [1.82, 2.24) is 16.1 Å². The first-order valence-corrected chi connectivity index (χ1v) is 11.7. The van der Waals surface area contributed by atoms with Crippen LogP contribution in [-0.4, -0.2) is 52.9 Å². The van der Waals surface area contributed by atoms with Gasteiger partial charge in [0, 0.05) is 17.3 Å². The van der Waals surface area contributed by atoms with E-state index in [0.29, 0.717) is 11.7 Å². The minimum absolute atomic E-state index is 0.0810. The van der Waals surface area contributed by atoms with E-state index in [4.69, 9.17) is 10.9 Å². The standard InChI is InChI=1S/C25H33N5O5/c1-15-2-10-19(11-3-15)27-14-21(31)28-20-12-8-17(9-13-20)16-4-6-18(7-5-16)24(33)29-22(23(26)32)25(34)30-35/h4-9,12-13,15,19,22-23,27,32,35H,2-3,10-11,14,26H2,1H3,(H,28,31)(H,29,33)(H,30,34)/t15?,19?,22-,23-/m0/s1. The molecule has 35 heavy (non-hydrogen) atoms. The Balaban J connectivity index is 1.53. The minimum Gasteiger partial charge on any atom is -0.376 e. The molecule has 8 N–H and O–H groups in total. The summed E-state index contributed by atoms with van der Waals surface area (Å²) in [7, 11) is 0.